The molecule has 0 bridgehead atoms. The number of hydrogen-bond acceptors (Lipinski definition) is 7. The summed E-state index contributed by atoms with van der Waals surface area (Å²) in [5.41, 5.74) is 2.99. The van der Waals surface area contributed by atoms with Crippen LogP contribution in [-0.2, 0) is 6.42 Å². The van der Waals surface area contributed by atoms with Crippen LogP contribution in [0.1, 0.15) is 35.4 Å². The molecule has 0 saturated carbocycles. The van der Waals surface area contributed by atoms with E-state index in [2.05, 4.69) is 31.6 Å². The average molecular weight is 600 g/mol. The van der Waals surface area contributed by atoms with Crippen molar-refractivity contribution >= 4 is 35.2 Å². The minimum atomic E-state index is -0.634. The van der Waals surface area contributed by atoms with Crippen molar-refractivity contribution in [2.24, 2.45) is 0 Å². The molecule has 2 N–H and O–H groups in total. The van der Waals surface area contributed by atoms with Crippen LogP contribution in [0.3, 0.4) is 0 Å². The smallest absolute Gasteiger partial charge is 0.332 e. The Balaban J connectivity index is 1.00. The van der Waals surface area contributed by atoms with Gasteiger partial charge in [0.2, 0.25) is 0 Å². The zero-order valence-corrected chi connectivity index (χ0v) is 24.1. The van der Waals surface area contributed by atoms with Gasteiger partial charge in [0, 0.05) is 59.7 Å². The summed E-state index contributed by atoms with van der Waals surface area (Å²) >= 11 is 1.65. The molecule has 43 heavy (non-hydrogen) atoms. The highest BCUT2D eigenvalue weighted by Gasteiger charge is 2.34. The van der Waals surface area contributed by atoms with Crippen LogP contribution < -0.4 is 20.3 Å². The molecule has 1 atom stereocenters. The molecular weight excluding hydrogens is 569 g/mol. The molecule has 5 heterocycles. The molecule has 220 valence electrons. The molecule has 1 unspecified atom stereocenters. The minimum absolute atomic E-state index is 0.0293. The van der Waals surface area contributed by atoms with Crippen LogP contribution in [0.15, 0.2) is 78.1 Å². The van der Waals surface area contributed by atoms with Crippen LogP contribution in [0.2, 0.25) is 0 Å². The van der Waals surface area contributed by atoms with Gasteiger partial charge in [0.05, 0.1) is 29.4 Å². The number of para-hydroxylation sites is 1. The molecule has 3 aliphatic rings. The SMILES string of the molecule is O=C(Nc1ccc(Oc2ccnc3c2SC(c2cnn(C4CCNCC4)c2)C3)c(F)c1)N1CCN(c2ccccc2)C1=O. The van der Waals surface area contributed by atoms with E-state index in [9.17, 15) is 9.59 Å². The highest BCUT2D eigenvalue weighted by atomic mass is 32.2. The van der Waals surface area contributed by atoms with Crippen LogP contribution in [0.25, 0.3) is 0 Å². The molecule has 4 amide bonds. The Labute approximate surface area is 252 Å². The molecule has 2 saturated heterocycles. The number of urea groups is 2. The number of aromatic nitrogens is 3. The number of ether oxygens (including phenoxy) is 1. The van der Waals surface area contributed by atoms with Gasteiger partial charge in [0.15, 0.2) is 11.6 Å². The number of thioether (sulfide) groups is 1. The largest absolute Gasteiger partial charge is 0.453 e. The normalized spacial score (nSPS) is 18.6. The third kappa shape index (κ3) is 5.55. The molecule has 12 heteroatoms. The zero-order chi connectivity index (χ0) is 29.3. The number of rotatable bonds is 6. The first kappa shape index (κ1) is 27.4. The van der Waals surface area contributed by atoms with Crippen molar-refractivity contribution in [3.8, 4) is 11.5 Å². The van der Waals surface area contributed by atoms with E-state index in [0.717, 1.165) is 59.1 Å². The molecule has 7 rings (SSSR count). The molecular formula is C31H30FN7O3S. The first-order valence-corrected chi connectivity index (χ1v) is 15.2. The second-order valence-corrected chi connectivity index (χ2v) is 11.9. The maximum atomic E-state index is 15.2. The fraction of sp³-hybridized carbons (Fsp3) is 0.290. The Hall–Kier alpha value is -4.42. The van der Waals surface area contributed by atoms with Crippen molar-refractivity contribution in [3.05, 3.63) is 90.3 Å². The summed E-state index contributed by atoms with van der Waals surface area (Å²) in [7, 11) is 0. The number of carbonyl (C=O) groups excluding carboxylic acids is 2. The number of fused-ring (bicyclic) bond motifs is 1. The molecule has 2 aromatic heterocycles. The van der Waals surface area contributed by atoms with Crippen LogP contribution in [0.5, 0.6) is 11.5 Å². The lowest BCUT2D eigenvalue weighted by molar-refractivity contribution is 0.209. The average Bonchev–Trinajstić information content (AvgIpc) is 3.78. The second-order valence-electron chi connectivity index (χ2n) is 10.7. The fourth-order valence-corrected chi connectivity index (χ4v) is 6.98. The van der Waals surface area contributed by atoms with Crippen LogP contribution in [0, 0.1) is 5.82 Å². The number of halogens is 1. The Kier molecular flexibility index (Phi) is 7.45. The predicted octanol–water partition coefficient (Wildman–Crippen LogP) is 6.00. The number of imide groups is 1. The third-order valence-electron chi connectivity index (χ3n) is 7.98. The molecule has 10 nitrogen and oxygen atoms in total. The van der Waals surface area contributed by atoms with E-state index in [4.69, 9.17) is 4.74 Å². The van der Waals surface area contributed by atoms with Gasteiger partial charge < -0.3 is 15.4 Å². The highest BCUT2D eigenvalue weighted by molar-refractivity contribution is 8.00. The lowest BCUT2D eigenvalue weighted by Gasteiger charge is -2.22. The van der Waals surface area contributed by atoms with Gasteiger partial charge in [-0.2, -0.15) is 5.10 Å². The van der Waals surface area contributed by atoms with Gasteiger partial charge in [0.1, 0.15) is 5.75 Å². The van der Waals surface area contributed by atoms with Crippen molar-refractivity contribution in [2.45, 2.75) is 35.4 Å². The summed E-state index contributed by atoms with van der Waals surface area (Å²) < 4.78 is 23.3. The summed E-state index contributed by atoms with van der Waals surface area (Å²) in [5, 5.41) is 10.8. The number of amides is 4. The third-order valence-corrected chi connectivity index (χ3v) is 9.38. The van der Waals surface area contributed by atoms with Gasteiger partial charge in [-0.05, 0) is 50.2 Å². The molecule has 4 aromatic rings. The maximum absolute atomic E-state index is 15.2. The highest BCUT2D eigenvalue weighted by Crippen LogP contribution is 2.50. The van der Waals surface area contributed by atoms with Crippen molar-refractivity contribution < 1.29 is 18.7 Å². The minimum Gasteiger partial charge on any atom is -0.453 e. The van der Waals surface area contributed by atoms with Crippen molar-refractivity contribution in [3.63, 3.8) is 0 Å². The summed E-state index contributed by atoms with van der Waals surface area (Å²) in [6.45, 7) is 2.62. The maximum Gasteiger partial charge on any atom is 0.332 e. The molecule has 0 radical (unpaired) electrons. The number of carbonyl (C=O) groups is 2. The van der Waals surface area contributed by atoms with Gasteiger partial charge in [0.25, 0.3) is 0 Å². The van der Waals surface area contributed by atoms with E-state index in [1.807, 2.05) is 36.5 Å². The first-order valence-electron chi connectivity index (χ1n) is 14.4. The van der Waals surface area contributed by atoms with E-state index >= 15 is 4.39 Å². The van der Waals surface area contributed by atoms with Gasteiger partial charge in [-0.3, -0.25) is 14.6 Å². The zero-order valence-electron chi connectivity index (χ0n) is 23.3. The number of pyridine rings is 1. The number of anilines is 2. The number of nitrogens with zero attached hydrogens (tertiary/aromatic N) is 5. The lowest BCUT2D eigenvalue weighted by Crippen LogP contribution is -2.39. The van der Waals surface area contributed by atoms with E-state index < -0.39 is 17.9 Å². The molecule has 2 aromatic carbocycles. The quantitative estimate of drug-likeness (QED) is 0.280. The number of benzene rings is 2. The van der Waals surface area contributed by atoms with Crippen molar-refractivity contribution in [2.75, 3.05) is 36.4 Å². The van der Waals surface area contributed by atoms with Crippen molar-refractivity contribution in [1.29, 1.82) is 0 Å². The molecule has 2 fully saturated rings. The van der Waals surface area contributed by atoms with Gasteiger partial charge in [-0.15, -0.1) is 11.8 Å². The van der Waals surface area contributed by atoms with E-state index in [1.54, 1.807) is 30.1 Å². The Morgan fingerprint density at radius 1 is 1.07 bits per heavy atom. The Morgan fingerprint density at radius 2 is 1.91 bits per heavy atom. The van der Waals surface area contributed by atoms with Crippen LogP contribution in [-0.4, -0.2) is 57.9 Å². The van der Waals surface area contributed by atoms with E-state index in [1.165, 1.54) is 17.0 Å². The van der Waals surface area contributed by atoms with Crippen molar-refractivity contribution in [1.82, 2.24) is 25.0 Å². The molecule has 0 aliphatic carbocycles. The predicted molar refractivity (Wildman–Crippen MR) is 161 cm³/mol. The number of piperidine rings is 1. The fourth-order valence-electron chi connectivity index (χ4n) is 5.70. The van der Waals surface area contributed by atoms with Gasteiger partial charge >= 0.3 is 12.1 Å². The van der Waals surface area contributed by atoms with E-state index in [-0.39, 0.29) is 23.2 Å². The first-order chi connectivity index (χ1) is 21.0. The second kappa shape index (κ2) is 11.7. The molecule has 3 aliphatic heterocycles. The Bertz CT molecular complexity index is 1660. The topological polar surface area (TPSA) is 105 Å². The van der Waals surface area contributed by atoms with Crippen LogP contribution >= 0.6 is 11.8 Å². The van der Waals surface area contributed by atoms with E-state index in [0.29, 0.717) is 18.3 Å². The monoisotopic (exact) mass is 599 g/mol. The molecule has 0 spiro atoms. The lowest BCUT2D eigenvalue weighted by atomic mass is 10.1. The summed E-state index contributed by atoms with van der Waals surface area (Å²) in [5.74, 6) is -0.0749. The van der Waals surface area contributed by atoms with Gasteiger partial charge in [-0.1, -0.05) is 18.2 Å². The number of nitrogens with one attached hydrogen (secondary N) is 2. The summed E-state index contributed by atoms with van der Waals surface area (Å²) in [6, 6.07) is 14.5. The summed E-state index contributed by atoms with van der Waals surface area (Å²) in [4.78, 5) is 33.8. The Morgan fingerprint density at radius 3 is 2.72 bits per heavy atom. The van der Waals surface area contributed by atoms with Crippen LogP contribution in [0.4, 0.5) is 25.4 Å². The number of hydrogen-bond donors (Lipinski definition) is 2. The standard InChI is InChI=1S/C31H30FN7O3S/c32-24-16-21(36-30(40)38-15-14-37(31(38)41)22-4-2-1-3-5-22)6-7-26(24)42-27-10-13-34-25-17-28(43-29(25)27)20-18-35-39(19-20)23-8-11-33-12-9-23/h1-7,10,13,16,18-19,23,28,33H,8-9,11-12,14-15,17H2,(H,36,40). The summed E-state index contributed by atoms with van der Waals surface area (Å²) in [6.07, 6.45) is 8.62. The van der Waals surface area contributed by atoms with Gasteiger partial charge in [-0.25, -0.2) is 18.9 Å².